The molecule has 0 aliphatic heterocycles. The number of rotatable bonds is 10. The topological polar surface area (TPSA) is 91.2 Å². The lowest BCUT2D eigenvalue weighted by molar-refractivity contribution is -0.113. The average Bonchev–Trinajstić information content (AvgIpc) is 3.63. The molecule has 0 saturated carbocycles. The van der Waals surface area contributed by atoms with Crippen LogP contribution < -0.4 is 14.8 Å². The first-order valence-electron chi connectivity index (χ1n) is 12.7. The molecule has 0 fully saturated rings. The van der Waals surface area contributed by atoms with E-state index in [1.165, 1.54) is 23.1 Å². The number of thiazole rings is 1. The fourth-order valence-electron chi connectivity index (χ4n) is 4.20. The number of nitrogens with zero attached hydrogens (tertiary/aromatic N) is 4. The molecule has 0 bridgehead atoms. The summed E-state index contributed by atoms with van der Waals surface area (Å²) < 4.78 is 12.6. The highest BCUT2D eigenvalue weighted by atomic mass is 32.2. The fourth-order valence-corrected chi connectivity index (χ4v) is 5.68. The van der Waals surface area contributed by atoms with Crippen LogP contribution in [0.3, 0.4) is 0 Å². The van der Waals surface area contributed by atoms with Crippen LogP contribution in [0.5, 0.6) is 11.5 Å². The molecule has 8 nitrogen and oxygen atoms in total. The Hall–Kier alpha value is -4.15. The first-order valence-corrected chi connectivity index (χ1v) is 14.5. The molecule has 5 rings (SSSR count). The molecule has 0 spiro atoms. The Balaban J connectivity index is 1.37. The summed E-state index contributed by atoms with van der Waals surface area (Å²) in [5.41, 5.74) is 4.80. The smallest absolute Gasteiger partial charge is 0.236 e. The molecule has 0 saturated heterocycles. The molecule has 0 aliphatic carbocycles. The lowest BCUT2D eigenvalue weighted by atomic mass is 10.0. The molecule has 5 aromatic rings. The van der Waals surface area contributed by atoms with Crippen LogP contribution in [-0.2, 0) is 4.79 Å². The molecular weight excluding hydrogens is 542 g/mol. The van der Waals surface area contributed by atoms with Crippen LogP contribution in [0.2, 0.25) is 0 Å². The minimum Gasteiger partial charge on any atom is -0.497 e. The number of carbonyl (C=O) groups is 1. The third-order valence-electron chi connectivity index (χ3n) is 6.25. The van der Waals surface area contributed by atoms with Gasteiger partial charge in [-0.25, -0.2) is 4.98 Å². The third-order valence-corrected chi connectivity index (χ3v) is 7.94. The second-order valence-corrected chi connectivity index (χ2v) is 11.0. The van der Waals surface area contributed by atoms with Crippen molar-refractivity contribution in [1.82, 2.24) is 19.7 Å². The normalized spacial score (nSPS) is 11.0. The van der Waals surface area contributed by atoms with Gasteiger partial charge in [0.1, 0.15) is 11.5 Å². The van der Waals surface area contributed by atoms with Gasteiger partial charge in [-0.1, -0.05) is 43.8 Å². The number of carbonyl (C=O) groups excluding carboxylic acids is 1. The maximum absolute atomic E-state index is 12.9. The van der Waals surface area contributed by atoms with Crippen LogP contribution in [0, 0.1) is 0 Å². The maximum Gasteiger partial charge on any atom is 0.236 e. The van der Waals surface area contributed by atoms with Gasteiger partial charge in [-0.05, 0) is 66.1 Å². The van der Waals surface area contributed by atoms with Gasteiger partial charge in [0, 0.05) is 16.5 Å². The first-order chi connectivity index (χ1) is 19.5. The Morgan fingerprint density at radius 3 is 2.23 bits per heavy atom. The number of methoxy groups -OCH3 is 2. The number of benzene rings is 3. The molecule has 0 radical (unpaired) electrons. The number of ether oxygens (including phenoxy) is 2. The molecule has 2 heterocycles. The van der Waals surface area contributed by atoms with Crippen LogP contribution in [0.1, 0.15) is 25.3 Å². The Labute approximate surface area is 241 Å². The number of aromatic nitrogens is 4. The van der Waals surface area contributed by atoms with E-state index in [2.05, 4.69) is 46.5 Å². The first kappa shape index (κ1) is 27.4. The van der Waals surface area contributed by atoms with Gasteiger partial charge in [-0.15, -0.1) is 21.5 Å². The van der Waals surface area contributed by atoms with E-state index in [1.54, 1.807) is 14.2 Å². The zero-order valence-electron chi connectivity index (χ0n) is 22.6. The van der Waals surface area contributed by atoms with Crippen LogP contribution in [0.4, 0.5) is 5.13 Å². The van der Waals surface area contributed by atoms with Crippen LogP contribution >= 0.6 is 23.1 Å². The van der Waals surface area contributed by atoms with E-state index >= 15 is 0 Å². The van der Waals surface area contributed by atoms with Gasteiger partial charge in [0.2, 0.25) is 5.91 Å². The number of anilines is 1. The van der Waals surface area contributed by atoms with Crippen molar-refractivity contribution in [2.75, 3.05) is 25.3 Å². The average molecular weight is 572 g/mol. The van der Waals surface area contributed by atoms with Crippen LogP contribution in [-0.4, -0.2) is 45.6 Å². The van der Waals surface area contributed by atoms with E-state index in [1.807, 2.05) is 70.6 Å². The van der Waals surface area contributed by atoms with Crippen molar-refractivity contribution in [3.8, 4) is 39.8 Å². The fraction of sp³-hybridized carbons (Fsp3) is 0.200. The summed E-state index contributed by atoms with van der Waals surface area (Å²) in [5.74, 6) is 2.51. The SMILES string of the molecule is COc1ccc(-c2csc(NC(=O)CSc3nnc(-c4ccc(OC)cc4)n3-c3ccccc3C(C)C)n2)cc1. The van der Waals surface area contributed by atoms with Gasteiger partial charge in [-0.3, -0.25) is 9.36 Å². The van der Waals surface area contributed by atoms with Crippen molar-refractivity contribution in [3.63, 3.8) is 0 Å². The Bertz CT molecular complexity index is 1590. The number of nitrogens with one attached hydrogen (secondary N) is 1. The largest absolute Gasteiger partial charge is 0.497 e. The monoisotopic (exact) mass is 571 g/mol. The molecule has 1 N–H and O–H groups in total. The summed E-state index contributed by atoms with van der Waals surface area (Å²) in [7, 11) is 3.27. The minimum absolute atomic E-state index is 0.155. The van der Waals surface area contributed by atoms with Crippen molar-refractivity contribution < 1.29 is 14.3 Å². The maximum atomic E-state index is 12.9. The molecule has 2 aromatic heterocycles. The highest BCUT2D eigenvalue weighted by Crippen LogP contribution is 2.33. The summed E-state index contributed by atoms with van der Waals surface area (Å²) in [6, 6.07) is 23.6. The molecular formula is C30H29N5O3S2. The lowest BCUT2D eigenvalue weighted by Gasteiger charge is -2.17. The summed E-state index contributed by atoms with van der Waals surface area (Å²) in [4.78, 5) is 17.5. The van der Waals surface area contributed by atoms with Gasteiger partial charge in [-0.2, -0.15) is 0 Å². The van der Waals surface area contributed by atoms with Gasteiger partial charge in [0.25, 0.3) is 0 Å². The van der Waals surface area contributed by atoms with Crippen LogP contribution in [0.15, 0.2) is 83.3 Å². The van der Waals surface area contributed by atoms with E-state index in [9.17, 15) is 4.79 Å². The second kappa shape index (κ2) is 12.4. The Kier molecular flexibility index (Phi) is 8.47. The number of amides is 1. The second-order valence-electron chi connectivity index (χ2n) is 9.19. The highest BCUT2D eigenvalue weighted by molar-refractivity contribution is 7.99. The van der Waals surface area contributed by atoms with E-state index in [0.29, 0.717) is 16.1 Å². The van der Waals surface area contributed by atoms with Crippen molar-refractivity contribution in [2.24, 2.45) is 0 Å². The zero-order valence-corrected chi connectivity index (χ0v) is 24.3. The van der Waals surface area contributed by atoms with E-state index in [-0.39, 0.29) is 17.6 Å². The van der Waals surface area contributed by atoms with Gasteiger partial charge >= 0.3 is 0 Å². The van der Waals surface area contributed by atoms with Gasteiger partial charge in [0.05, 0.1) is 31.4 Å². The van der Waals surface area contributed by atoms with E-state index in [0.717, 1.165) is 39.6 Å². The minimum atomic E-state index is -0.168. The zero-order chi connectivity index (χ0) is 28.1. The Morgan fingerprint density at radius 2 is 1.57 bits per heavy atom. The number of hydrogen-bond donors (Lipinski definition) is 1. The van der Waals surface area contributed by atoms with Crippen molar-refractivity contribution in [1.29, 1.82) is 0 Å². The highest BCUT2D eigenvalue weighted by Gasteiger charge is 2.20. The summed E-state index contributed by atoms with van der Waals surface area (Å²) >= 11 is 2.72. The van der Waals surface area contributed by atoms with Gasteiger partial charge in [0.15, 0.2) is 16.1 Å². The number of thioether (sulfide) groups is 1. The molecule has 40 heavy (non-hydrogen) atoms. The molecule has 204 valence electrons. The van der Waals surface area contributed by atoms with Crippen molar-refractivity contribution in [2.45, 2.75) is 24.9 Å². The van der Waals surface area contributed by atoms with E-state index < -0.39 is 0 Å². The van der Waals surface area contributed by atoms with Gasteiger partial charge < -0.3 is 14.8 Å². The predicted molar refractivity (Wildman–Crippen MR) is 161 cm³/mol. The van der Waals surface area contributed by atoms with E-state index in [4.69, 9.17) is 9.47 Å². The molecule has 0 atom stereocenters. The predicted octanol–water partition coefficient (Wildman–Crippen LogP) is 6.93. The molecule has 0 unspecified atom stereocenters. The summed E-state index contributed by atoms with van der Waals surface area (Å²) in [6.45, 7) is 4.31. The molecule has 1 amide bonds. The lowest BCUT2D eigenvalue weighted by Crippen LogP contribution is -2.14. The number of para-hydroxylation sites is 1. The van der Waals surface area contributed by atoms with Crippen molar-refractivity contribution >= 4 is 34.1 Å². The quantitative estimate of drug-likeness (QED) is 0.182. The standard InChI is InChI=1S/C30H29N5O3S2/c1-19(2)24-7-5-6-8-26(24)35-28(21-11-15-23(38-4)16-12-21)33-34-30(35)40-18-27(36)32-29-31-25(17-39-29)20-9-13-22(37-3)14-10-20/h5-17,19H,18H2,1-4H3,(H,31,32,36). The molecule has 0 aliphatic rings. The number of hydrogen-bond acceptors (Lipinski definition) is 8. The summed E-state index contributed by atoms with van der Waals surface area (Å²) in [5, 5.41) is 15.0. The third kappa shape index (κ3) is 6.03. The van der Waals surface area contributed by atoms with Crippen molar-refractivity contribution in [3.05, 3.63) is 83.7 Å². The van der Waals surface area contributed by atoms with Crippen LogP contribution in [0.25, 0.3) is 28.3 Å². The summed E-state index contributed by atoms with van der Waals surface area (Å²) in [6.07, 6.45) is 0. The molecule has 10 heteroatoms. The molecule has 3 aromatic carbocycles. The Morgan fingerprint density at radius 1 is 0.925 bits per heavy atom.